The van der Waals surface area contributed by atoms with Gasteiger partial charge >= 0.3 is 6.09 Å². The molecule has 1 N–H and O–H groups in total. The van der Waals surface area contributed by atoms with Crippen LogP contribution in [0.25, 0.3) is 11.1 Å². The molecule has 33 heavy (non-hydrogen) atoms. The number of fused-ring (bicyclic) bond motifs is 5. The van der Waals surface area contributed by atoms with Crippen molar-refractivity contribution < 1.29 is 22.7 Å². The molecule has 2 aromatic carbocycles. The highest BCUT2D eigenvalue weighted by Gasteiger charge is 2.40. The van der Waals surface area contributed by atoms with E-state index in [1.165, 1.54) is 0 Å². The number of ether oxygens (including phenoxy) is 2. The van der Waals surface area contributed by atoms with Gasteiger partial charge in [0, 0.05) is 18.2 Å². The van der Waals surface area contributed by atoms with Crippen LogP contribution in [0, 0.1) is 0 Å². The molecule has 8 heteroatoms. The number of hydrogen-bond acceptors (Lipinski definition) is 5. The van der Waals surface area contributed by atoms with Crippen LogP contribution in [0.1, 0.15) is 31.2 Å². The van der Waals surface area contributed by atoms with Crippen LogP contribution in [0.3, 0.4) is 0 Å². The van der Waals surface area contributed by atoms with Gasteiger partial charge in [0.05, 0.1) is 12.3 Å². The van der Waals surface area contributed by atoms with Crippen molar-refractivity contribution in [3.8, 4) is 16.9 Å². The van der Waals surface area contributed by atoms with E-state index in [1.807, 2.05) is 36.4 Å². The van der Waals surface area contributed by atoms with Gasteiger partial charge in [-0.1, -0.05) is 49.4 Å². The molecule has 2 bridgehead atoms. The van der Waals surface area contributed by atoms with Crippen LogP contribution in [-0.4, -0.2) is 57.5 Å². The molecule has 3 atom stereocenters. The van der Waals surface area contributed by atoms with E-state index in [4.69, 9.17) is 9.47 Å². The zero-order chi connectivity index (χ0) is 23.4. The first-order valence-electron chi connectivity index (χ1n) is 11.2. The Kier molecular flexibility index (Phi) is 7.05. The summed E-state index contributed by atoms with van der Waals surface area (Å²) in [5.41, 5.74) is 3.18. The van der Waals surface area contributed by atoms with E-state index in [1.54, 1.807) is 11.0 Å². The van der Waals surface area contributed by atoms with Crippen molar-refractivity contribution in [2.75, 3.05) is 26.0 Å². The normalized spacial score (nSPS) is 24.8. The first-order valence-corrected chi connectivity index (χ1v) is 13.1. The third kappa shape index (κ3) is 5.75. The highest BCUT2D eigenvalue weighted by molar-refractivity contribution is 7.88. The number of rotatable bonds is 2. The fourth-order valence-electron chi connectivity index (χ4n) is 4.60. The Labute approximate surface area is 195 Å². The number of benzene rings is 2. The summed E-state index contributed by atoms with van der Waals surface area (Å²) in [5.74, 6) is 0.878. The van der Waals surface area contributed by atoms with Crippen molar-refractivity contribution in [1.82, 2.24) is 9.62 Å². The lowest BCUT2D eigenvalue weighted by atomic mass is 9.89. The van der Waals surface area contributed by atoms with E-state index in [0.29, 0.717) is 26.0 Å². The zero-order valence-corrected chi connectivity index (χ0v) is 19.8. The van der Waals surface area contributed by atoms with Gasteiger partial charge in [0.15, 0.2) is 0 Å². The predicted octanol–water partition coefficient (Wildman–Crippen LogP) is 3.92. The summed E-state index contributed by atoms with van der Waals surface area (Å²) in [7, 11) is -3.40. The fraction of sp³-hybridized carbons (Fsp3) is 0.400. The smallest absolute Gasteiger partial charge is 0.410 e. The van der Waals surface area contributed by atoms with Gasteiger partial charge in [-0.25, -0.2) is 17.9 Å². The van der Waals surface area contributed by atoms with Gasteiger partial charge in [-0.2, -0.15) is 0 Å². The molecule has 1 amide bonds. The van der Waals surface area contributed by atoms with Crippen LogP contribution in [0.2, 0.25) is 0 Å². The highest BCUT2D eigenvalue weighted by atomic mass is 32.2. The van der Waals surface area contributed by atoms with Gasteiger partial charge in [-0.15, -0.1) is 0 Å². The molecule has 4 rings (SSSR count). The summed E-state index contributed by atoms with van der Waals surface area (Å²) in [5, 5.41) is 0. The Balaban J connectivity index is 1.69. The second-order valence-corrected chi connectivity index (χ2v) is 10.4. The monoisotopic (exact) mass is 470 g/mol. The molecular weight excluding hydrogens is 440 g/mol. The summed E-state index contributed by atoms with van der Waals surface area (Å²) in [4.78, 5) is 14.5. The largest absolute Gasteiger partial charge is 0.489 e. The minimum Gasteiger partial charge on any atom is -0.489 e. The molecule has 0 radical (unpaired) electrons. The number of sulfonamides is 1. The van der Waals surface area contributed by atoms with Crippen LogP contribution in [-0.2, 0) is 14.8 Å². The van der Waals surface area contributed by atoms with E-state index in [-0.39, 0.29) is 24.6 Å². The maximum Gasteiger partial charge on any atom is 0.410 e. The SMILES string of the molecule is C[C@@H]1C[C@H]2[C@@H](NS(C)(=O)=O)CCN2C(=O)OC/C=C/COc2ccccc2-c2cccc1c2. The Morgan fingerprint density at radius 2 is 1.79 bits per heavy atom. The van der Waals surface area contributed by atoms with Crippen molar-refractivity contribution in [2.24, 2.45) is 0 Å². The molecule has 7 nitrogen and oxygen atoms in total. The van der Waals surface area contributed by atoms with Crippen LogP contribution in [0.4, 0.5) is 4.79 Å². The lowest BCUT2D eigenvalue weighted by Gasteiger charge is -2.30. The number of carbonyl (C=O) groups excluding carboxylic acids is 1. The average Bonchev–Trinajstić information content (AvgIpc) is 3.16. The van der Waals surface area contributed by atoms with Crippen molar-refractivity contribution >= 4 is 16.1 Å². The second kappa shape index (κ2) is 9.97. The zero-order valence-electron chi connectivity index (χ0n) is 18.9. The number of cyclic esters (lactones) is 1. The molecule has 0 aliphatic carbocycles. The molecular formula is C25H30N2O5S. The summed E-state index contributed by atoms with van der Waals surface area (Å²) in [6, 6.07) is 15.6. The predicted molar refractivity (Wildman–Crippen MR) is 128 cm³/mol. The lowest BCUT2D eigenvalue weighted by Crippen LogP contribution is -2.47. The fourth-order valence-corrected chi connectivity index (χ4v) is 5.43. The summed E-state index contributed by atoms with van der Waals surface area (Å²) < 4.78 is 38.0. The van der Waals surface area contributed by atoms with Crippen molar-refractivity contribution in [1.29, 1.82) is 0 Å². The van der Waals surface area contributed by atoms with Gasteiger partial charge in [0.1, 0.15) is 19.0 Å². The summed E-state index contributed by atoms with van der Waals surface area (Å²) in [6.07, 6.45) is 5.47. The standard InChI is InChI=1S/C25H30N2O5S/c1-18-16-23-22(26-33(2,29)30)12-13-27(23)25(28)32-15-6-5-14-31-24-11-4-3-10-21(24)20-9-7-8-19(18)17-20/h3-11,17-18,22-23,26H,12-16H2,1-2H3/b6-5+/t18-,22+,23+/m1/s1. The Hall–Kier alpha value is -2.84. The Bertz CT molecular complexity index is 1130. The van der Waals surface area contributed by atoms with E-state index < -0.39 is 16.1 Å². The maximum atomic E-state index is 12.8. The molecule has 2 aromatic rings. The molecule has 176 valence electrons. The number of amides is 1. The molecule has 0 aromatic heterocycles. The second-order valence-electron chi connectivity index (χ2n) is 8.66. The number of nitrogens with one attached hydrogen (secondary N) is 1. The van der Waals surface area contributed by atoms with Crippen molar-refractivity contribution in [3.63, 3.8) is 0 Å². The van der Waals surface area contributed by atoms with Gasteiger partial charge in [0.2, 0.25) is 10.0 Å². The molecule has 0 saturated carbocycles. The van der Waals surface area contributed by atoms with Gasteiger partial charge in [-0.3, -0.25) is 0 Å². The highest BCUT2D eigenvalue weighted by Crippen LogP contribution is 2.34. The van der Waals surface area contributed by atoms with E-state index in [9.17, 15) is 13.2 Å². The molecule has 2 aliphatic heterocycles. The number of carbonyl (C=O) groups is 1. The van der Waals surface area contributed by atoms with Gasteiger partial charge < -0.3 is 14.4 Å². The summed E-state index contributed by atoms with van der Waals surface area (Å²) >= 11 is 0. The molecule has 2 heterocycles. The van der Waals surface area contributed by atoms with Crippen molar-refractivity contribution in [2.45, 2.75) is 37.8 Å². The minimum absolute atomic E-state index is 0.0908. The van der Waals surface area contributed by atoms with E-state index >= 15 is 0 Å². The number of para-hydroxylation sites is 1. The van der Waals surface area contributed by atoms with Gasteiger partial charge in [0.25, 0.3) is 0 Å². The number of nitrogens with zero attached hydrogens (tertiary/aromatic N) is 1. The molecule has 0 spiro atoms. The molecule has 0 unspecified atom stereocenters. The number of hydrogen-bond donors (Lipinski definition) is 1. The quantitative estimate of drug-likeness (QED) is 0.673. The molecule has 2 aliphatic rings. The first-order chi connectivity index (χ1) is 15.8. The van der Waals surface area contributed by atoms with Crippen LogP contribution < -0.4 is 9.46 Å². The molecule has 1 fully saturated rings. The summed E-state index contributed by atoms with van der Waals surface area (Å²) in [6.45, 7) is 3.04. The van der Waals surface area contributed by atoms with Crippen LogP contribution in [0.15, 0.2) is 60.7 Å². The average molecular weight is 471 g/mol. The molecule has 1 saturated heterocycles. The third-order valence-corrected chi connectivity index (χ3v) is 6.93. The maximum absolute atomic E-state index is 12.8. The van der Waals surface area contributed by atoms with Crippen molar-refractivity contribution in [3.05, 3.63) is 66.2 Å². The van der Waals surface area contributed by atoms with E-state index in [2.05, 4.69) is 29.8 Å². The van der Waals surface area contributed by atoms with Gasteiger partial charge in [-0.05, 0) is 48.1 Å². The van der Waals surface area contributed by atoms with Crippen LogP contribution in [0.5, 0.6) is 5.75 Å². The first kappa shape index (κ1) is 23.3. The lowest BCUT2D eigenvalue weighted by molar-refractivity contribution is 0.103. The Morgan fingerprint density at radius 1 is 1.03 bits per heavy atom. The topological polar surface area (TPSA) is 84.9 Å². The Morgan fingerprint density at radius 3 is 2.58 bits per heavy atom. The minimum atomic E-state index is -3.40. The van der Waals surface area contributed by atoms with Crippen LogP contribution >= 0.6 is 0 Å². The third-order valence-electron chi connectivity index (χ3n) is 6.20. The van der Waals surface area contributed by atoms with E-state index in [0.717, 1.165) is 28.7 Å².